The van der Waals surface area contributed by atoms with Crippen molar-refractivity contribution in [3.8, 4) is 0 Å². The molecule has 0 bridgehead atoms. The highest BCUT2D eigenvalue weighted by molar-refractivity contribution is 9.10. The van der Waals surface area contributed by atoms with Gasteiger partial charge in [0.05, 0.1) is 4.47 Å². The van der Waals surface area contributed by atoms with Gasteiger partial charge in [0, 0.05) is 4.88 Å². The minimum Gasteiger partial charge on any atom is -0.384 e. The number of hydrogen-bond donors (Lipinski definition) is 1. The van der Waals surface area contributed by atoms with Crippen molar-refractivity contribution in [2.45, 2.75) is 13.0 Å². The fourth-order valence-corrected chi connectivity index (χ4v) is 2.67. The first kappa shape index (κ1) is 11.8. The van der Waals surface area contributed by atoms with Gasteiger partial charge in [-0.1, -0.05) is 6.07 Å². The van der Waals surface area contributed by atoms with Gasteiger partial charge in [-0.25, -0.2) is 4.39 Å². The number of hydrogen-bond acceptors (Lipinski definition) is 2. The van der Waals surface area contributed by atoms with E-state index in [4.69, 9.17) is 0 Å². The minimum absolute atomic E-state index is 0.321. The smallest absolute Gasteiger partial charge is 0.137 e. The average molecular weight is 301 g/mol. The van der Waals surface area contributed by atoms with Crippen LogP contribution in [0.4, 0.5) is 4.39 Å². The second-order valence-electron chi connectivity index (χ2n) is 3.51. The third kappa shape index (κ3) is 2.19. The predicted molar refractivity (Wildman–Crippen MR) is 67.2 cm³/mol. The standard InChI is InChI=1S/C12H10BrFOS/c1-7-9(4-5-16-7)12(15)8-2-3-11(14)10(13)6-8/h2-6,12,15H,1H3. The second kappa shape index (κ2) is 4.65. The summed E-state index contributed by atoms with van der Waals surface area (Å²) in [4.78, 5) is 1.08. The van der Waals surface area contributed by atoms with Gasteiger partial charge in [-0.15, -0.1) is 11.3 Å². The number of benzene rings is 1. The van der Waals surface area contributed by atoms with Gasteiger partial charge in [0.2, 0.25) is 0 Å². The van der Waals surface area contributed by atoms with Crippen molar-refractivity contribution in [2.24, 2.45) is 0 Å². The Hall–Kier alpha value is -0.710. The van der Waals surface area contributed by atoms with E-state index in [9.17, 15) is 9.50 Å². The topological polar surface area (TPSA) is 20.2 Å². The lowest BCUT2D eigenvalue weighted by atomic mass is 10.0. The van der Waals surface area contributed by atoms with E-state index in [1.54, 1.807) is 23.5 Å². The van der Waals surface area contributed by atoms with Crippen LogP contribution in [0.2, 0.25) is 0 Å². The van der Waals surface area contributed by atoms with Crippen LogP contribution in [-0.2, 0) is 0 Å². The third-order valence-electron chi connectivity index (χ3n) is 2.45. The maximum absolute atomic E-state index is 13.1. The van der Waals surface area contributed by atoms with Gasteiger partial charge >= 0.3 is 0 Å². The quantitative estimate of drug-likeness (QED) is 0.887. The molecule has 1 atom stereocenters. The molecular formula is C12H10BrFOS. The fraction of sp³-hybridized carbons (Fsp3) is 0.167. The van der Waals surface area contributed by atoms with E-state index in [2.05, 4.69) is 15.9 Å². The maximum atomic E-state index is 13.1. The Kier molecular flexibility index (Phi) is 3.42. The molecule has 16 heavy (non-hydrogen) atoms. The highest BCUT2D eigenvalue weighted by atomic mass is 79.9. The van der Waals surface area contributed by atoms with Gasteiger partial charge in [-0.05, 0) is 57.6 Å². The first-order valence-electron chi connectivity index (χ1n) is 4.76. The molecule has 0 saturated carbocycles. The van der Waals surface area contributed by atoms with Crippen LogP contribution in [0.25, 0.3) is 0 Å². The van der Waals surface area contributed by atoms with Crippen LogP contribution in [0.15, 0.2) is 34.1 Å². The number of halogens is 2. The molecule has 4 heteroatoms. The normalized spacial score (nSPS) is 12.8. The zero-order valence-electron chi connectivity index (χ0n) is 8.58. The Balaban J connectivity index is 2.38. The van der Waals surface area contributed by atoms with Crippen LogP contribution >= 0.6 is 27.3 Å². The monoisotopic (exact) mass is 300 g/mol. The number of aliphatic hydroxyl groups excluding tert-OH is 1. The number of aryl methyl sites for hydroxylation is 1. The highest BCUT2D eigenvalue weighted by Gasteiger charge is 2.14. The van der Waals surface area contributed by atoms with E-state index in [-0.39, 0.29) is 5.82 Å². The molecule has 2 rings (SSSR count). The van der Waals surface area contributed by atoms with Crippen LogP contribution in [0.5, 0.6) is 0 Å². The largest absolute Gasteiger partial charge is 0.384 e. The van der Waals surface area contributed by atoms with Crippen LogP contribution < -0.4 is 0 Å². The molecule has 84 valence electrons. The fourth-order valence-electron chi connectivity index (χ4n) is 1.54. The molecule has 1 N–H and O–H groups in total. The molecule has 0 spiro atoms. The molecule has 2 aromatic rings. The molecule has 0 fully saturated rings. The van der Waals surface area contributed by atoms with Crippen molar-refractivity contribution in [3.05, 3.63) is 55.9 Å². The van der Waals surface area contributed by atoms with Gasteiger partial charge in [-0.3, -0.25) is 0 Å². The van der Waals surface area contributed by atoms with Crippen molar-refractivity contribution in [3.63, 3.8) is 0 Å². The van der Waals surface area contributed by atoms with E-state index < -0.39 is 6.10 Å². The van der Waals surface area contributed by atoms with Gasteiger partial charge in [0.25, 0.3) is 0 Å². The van der Waals surface area contributed by atoms with Crippen LogP contribution in [0, 0.1) is 12.7 Å². The summed E-state index contributed by atoms with van der Waals surface area (Å²) in [5.41, 5.74) is 1.57. The molecule has 1 aromatic carbocycles. The first-order valence-corrected chi connectivity index (χ1v) is 6.44. The Morgan fingerprint density at radius 3 is 2.69 bits per heavy atom. The summed E-state index contributed by atoms with van der Waals surface area (Å²) in [5, 5.41) is 12.1. The number of rotatable bonds is 2. The maximum Gasteiger partial charge on any atom is 0.137 e. The second-order valence-corrected chi connectivity index (χ2v) is 5.48. The van der Waals surface area contributed by atoms with Crippen molar-refractivity contribution in [1.29, 1.82) is 0 Å². The van der Waals surface area contributed by atoms with E-state index in [0.29, 0.717) is 10.0 Å². The molecule has 0 amide bonds. The van der Waals surface area contributed by atoms with Crippen LogP contribution in [0.3, 0.4) is 0 Å². The van der Waals surface area contributed by atoms with E-state index in [0.717, 1.165) is 10.4 Å². The highest BCUT2D eigenvalue weighted by Crippen LogP contribution is 2.29. The third-order valence-corrected chi connectivity index (χ3v) is 3.92. The molecule has 0 aliphatic rings. The lowest BCUT2D eigenvalue weighted by molar-refractivity contribution is 0.220. The summed E-state index contributed by atoms with van der Waals surface area (Å²) in [6.07, 6.45) is -0.692. The lowest BCUT2D eigenvalue weighted by Gasteiger charge is -2.11. The van der Waals surface area contributed by atoms with Crippen molar-refractivity contribution in [1.82, 2.24) is 0 Å². The van der Waals surface area contributed by atoms with Crippen molar-refractivity contribution < 1.29 is 9.50 Å². The van der Waals surface area contributed by atoms with E-state index >= 15 is 0 Å². The van der Waals surface area contributed by atoms with Crippen molar-refractivity contribution >= 4 is 27.3 Å². The summed E-state index contributed by atoms with van der Waals surface area (Å²) < 4.78 is 13.4. The van der Waals surface area contributed by atoms with Crippen LogP contribution in [0.1, 0.15) is 22.1 Å². The Morgan fingerprint density at radius 2 is 2.12 bits per heavy atom. The summed E-state index contributed by atoms with van der Waals surface area (Å²) in [6.45, 7) is 1.96. The molecule has 1 unspecified atom stereocenters. The Labute approximate surface area is 106 Å². The number of thiophene rings is 1. The SMILES string of the molecule is Cc1sccc1C(O)c1ccc(F)c(Br)c1. The average Bonchev–Trinajstić information content (AvgIpc) is 2.67. The molecule has 1 nitrogen and oxygen atoms in total. The Bertz CT molecular complexity index is 509. The van der Waals surface area contributed by atoms with Gasteiger partial charge in [0.1, 0.15) is 11.9 Å². The van der Waals surface area contributed by atoms with E-state index in [1.807, 2.05) is 18.4 Å². The molecule has 0 radical (unpaired) electrons. The first-order chi connectivity index (χ1) is 7.59. The lowest BCUT2D eigenvalue weighted by Crippen LogP contribution is -2.00. The molecule has 0 aliphatic heterocycles. The van der Waals surface area contributed by atoms with Gasteiger partial charge in [0.15, 0.2) is 0 Å². The molecule has 0 saturated heterocycles. The van der Waals surface area contributed by atoms with Crippen LogP contribution in [-0.4, -0.2) is 5.11 Å². The Morgan fingerprint density at radius 1 is 1.38 bits per heavy atom. The molecule has 0 aliphatic carbocycles. The zero-order valence-corrected chi connectivity index (χ0v) is 11.0. The molecule has 1 heterocycles. The summed E-state index contributed by atoms with van der Waals surface area (Å²) >= 11 is 4.70. The molecule has 1 aromatic heterocycles. The summed E-state index contributed by atoms with van der Waals surface area (Å²) in [5.74, 6) is -0.321. The summed E-state index contributed by atoms with van der Waals surface area (Å²) in [6, 6.07) is 6.45. The van der Waals surface area contributed by atoms with E-state index in [1.165, 1.54) is 6.07 Å². The minimum atomic E-state index is -0.692. The van der Waals surface area contributed by atoms with Gasteiger partial charge in [-0.2, -0.15) is 0 Å². The number of aliphatic hydroxyl groups is 1. The predicted octanol–water partition coefficient (Wildman–Crippen LogP) is 4.04. The summed E-state index contributed by atoms with van der Waals surface area (Å²) in [7, 11) is 0. The molecular weight excluding hydrogens is 291 g/mol. The zero-order chi connectivity index (χ0) is 11.7. The van der Waals surface area contributed by atoms with Crippen molar-refractivity contribution in [2.75, 3.05) is 0 Å². The van der Waals surface area contributed by atoms with Gasteiger partial charge < -0.3 is 5.11 Å².